The van der Waals surface area contributed by atoms with Gasteiger partial charge in [-0.15, -0.1) is 0 Å². The van der Waals surface area contributed by atoms with E-state index in [9.17, 15) is 0 Å². The number of nitrogens with two attached hydrogens (primary N) is 2. The molecule has 1 atom stereocenters. The molecule has 0 aromatic heterocycles. The summed E-state index contributed by atoms with van der Waals surface area (Å²) < 4.78 is 0. The standard InChI is InChI=1S/C11H18N2/c1-9-4-6-10(7-5-9)11(13)3-2-8-12/h4-7,11H,2-3,8,12-13H2,1H3. The van der Waals surface area contributed by atoms with Gasteiger partial charge in [-0.05, 0) is 31.9 Å². The van der Waals surface area contributed by atoms with Crippen LogP contribution in [0.25, 0.3) is 0 Å². The fourth-order valence-corrected chi connectivity index (χ4v) is 1.32. The van der Waals surface area contributed by atoms with Crippen LogP contribution in [0.1, 0.15) is 30.0 Å². The monoisotopic (exact) mass is 178 g/mol. The van der Waals surface area contributed by atoms with Crippen molar-refractivity contribution in [2.24, 2.45) is 11.5 Å². The Morgan fingerprint density at radius 3 is 2.38 bits per heavy atom. The van der Waals surface area contributed by atoms with Crippen molar-refractivity contribution in [3.05, 3.63) is 35.4 Å². The van der Waals surface area contributed by atoms with E-state index in [1.807, 2.05) is 0 Å². The zero-order valence-electron chi connectivity index (χ0n) is 8.16. The van der Waals surface area contributed by atoms with Gasteiger partial charge in [-0.25, -0.2) is 0 Å². The van der Waals surface area contributed by atoms with E-state index in [4.69, 9.17) is 11.5 Å². The number of hydrogen-bond acceptors (Lipinski definition) is 2. The lowest BCUT2D eigenvalue weighted by Gasteiger charge is -2.11. The normalized spacial score (nSPS) is 12.8. The van der Waals surface area contributed by atoms with Crippen LogP contribution in [-0.2, 0) is 0 Å². The predicted molar refractivity (Wildman–Crippen MR) is 56.4 cm³/mol. The Kier molecular flexibility index (Phi) is 3.93. The summed E-state index contributed by atoms with van der Waals surface area (Å²) in [5.74, 6) is 0. The predicted octanol–water partition coefficient (Wildman–Crippen LogP) is 1.73. The summed E-state index contributed by atoms with van der Waals surface area (Å²) in [5, 5.41) is 0. The average Bonchev–Trinajstić information content (AvgIpc) is 2.15. The van der Waals surface area contributed by atoms with Crippen LogP contribution in [0.4, 0.5) is 0 Å². The molecule has 4 N–H and O–H groups in total. The maximum absolute atomic E-state index is 5.98. The lowest BCUT2D eigenvalue weighted by atomic mass is 10.0. The fourth-order valence-electron chi connectivity index (χ4n) is 1.32. The van der Waals surface area contributed by atoms with Crippen molar-refractivity contribution in [3.63, 3.8) is 0 Å². The van der Waals surface area contributed by atoms with Crippen molar-refractivity contribution in [1.82, 2.24) is 0 Å². The molecule has 0 radical (unpaired) electrons. The minimum atomic E-state index is 0.143. The summed E-state index contributed by atoms with van der Waals surface area (Å²) in [7, 11) is 0. The van der Waals surface area contributed by atoms with Crippen molar-refractivity contribution in [1.29, 1.82) is 0 Å². The summed E-state index contributed by atoms with van der Waals surface area (Å²) in [6, 6.07) is 8.52. The van der Waals surface area contributed by atoms with Crippen molar-refractivity contribution < 1.29 is 0 Å². The first-order valence-corrected chi connectivity index (χ1v) is 4.76. The van der Waals surface area contributed by atoms with E-state index in [0.29, 0.717) is 0 Å². The molecule has 1 aromatic carbocycles. The van der Waals surface area contributed by atoms with Crippen LogP contribution in [0.5, 0.6) is 0 Å². The third-order valence-electron chi connectivity index (χ3n) is 2.22. The Labute approximate surface area is 79.9 Å². The molecule has 2 nitrogen and oxygen atoms in total. The first-order chi connectivity index (χ1) is 6.24. The van der Waals surface area contributed by atoms with Crippen molar-refractivity contribution in [3.8, 4) is 0 Å². The smallest absolute Gasteiger partial charge is 0.0295 e. The molecule has 0 heterocycles. The Hall–Kier alpha value is -0.860. The summed E-state index contributed by atoms with van der Waals surface area (Å²) in [6.07, 6.45) is 1.97. The van der Waals surface area contributed by atoms with Gasteiger partial charge in [0.1, 0.15) is 0 Å². The second-order valence-corrected chi connectivity index (χ2v) is 3.45. The van der Waals surface area contributed by atoms with Gasteiger partial charge >= 0.3 is 0 Å². The number of hydrogen-bond donors (Lipinski definition) is 2. The summed E-state index contributed by atoms with van der Waals surface area (Å²) in [6.45, 7) is 2.80. The molecule has 1 unspecified atom stereocenters. The fraction of sp³-hybridized carbons (Fsp3) is 0.455. The van der Waals surface area contributed by atoms with E-state index in [-0.39, 0.29) is 6.04 Å². The van der Waals surface area contributed by atoms with E-state index < -0.39 is 0 Å². The summed E-state index contributed by atoms with van der Waals surface area (Å²) in [4.78, 5) is 0. The Bertz CT molecular complexity index is 241. The highest BCUT2D eigenvalue weighted by molar-refractivity contribution is 5.23. The highest BCUT2D eigenvalue weighted by Gasteiger charge is 2.03. The van der Waals surface area contributed by atoms with Gasteiger partial charge in [-0.3, -0.25) is 0 Å². The van der Waals surface area contributed by atoms with E-state index in [2.05, 4.69) is 31.2 Å². The van der Waals surface area contributed by atoms with E-state index >= 15 is 0 Å². The zero-order valence-corrected chi connectivity index (χ0v) is 8.16. The van der Waals surface area contributed by atoms with Crippen LogP contribution in [0.3, 0.4) is 0 Å². The molecule has 0 aliphatic heterocycles. The first kappa shape index (κ1) is 10.2. The lowest BCUT2D eigenvalue weighted by Crippen LogP contribution is -2.12. The maximum atomic E-state index is 5.98. The van der Waals surface area contributed by atoms with Gasteiger partial charge in [0.2, 0.25) is 0 Å². The van der Waals surface area contributed by atoms with E-state index in [0.717, 1.165) is 19.4 Å². The van der Waals surface area contributed by atoms with Crippen LogP contribution in [0, 0.1) is 6.92 Å². The molecule has 72 valence electrons. The second kappa shape index (κ2) is 5.00. The second-order valence-electron chi connectivity index (χ2n) is 3.45. The topological polar surface area (TPSA) is 52.0 Å². The molecule has 0 amide bonds. The molecule has 13 heavy (non-hydrogen) atoms. The van der Waals surface area contributed by atoms with Crippen molar-refractivity contribution in [2.75, 3.05) is 6.54 Å². The SMILES string of the molecule is Cc1ccc(C(N)CCCN)cc1. The average molecular weight is 178 g/mol. The number of benzene rings is 1. The highest BCUT2D eigenvalue weighted by Crippen LogP contribution is 2.15. The van der Waals surface area contributed by atoms with Gasteiger partial charge in [0.15, 0.2) is 0 Å². The Morgan fingerprint density at radius 2 is 1.85 bits per heavy atom. The van der Waals surface area contributed by atoms with Gasteiger partial charge < -0.3 is 11.5 Å². The maximum Gasteiger partial charge on any atom is 0.0295 e. The summed E-state index contributed by atoms with van der Waals surface area (Å²) >= 11 is 0. The number of aryl methyl sites for hydroxylation is 1. The molecule has 0 fully saturated rings. The van der Waals surface area contributed by atoms with Gasteiger partial charge in [0.25, 0.3) is 0 Å². The third kappa shape index (κ3) is 3.17. The van der Waals surface area contributed by atoms with E-state index in [1.54, 1.807) is 0 Å². The minimum absolute atomic E-state index is 0.143. The molecule has 0 bridgehead atoms. The lowest BCUT2D eigenvalue weighted by molar-refractivity contribution is 0.618. The quantitative estimate of drug-likeness (QED) is 0.737. The minimum Gasteiger partial charge on any atom is -0.330 e. The molecule has 0 aliphatic carbocycles. The van der Waals surface area contributed by atoms with Gasteiger partial charge in [-0.2, -0.15) is 0 Å². The highest BCUT2D eigenvalue weighted by atomic mass is 14.6. The van der Waals surface area contributed by atoms with Crippen LogP contribution in [0.15, 0.2) is 24.3 Å². The largest absolute Gasteiger partial charge is 0.330 e. The molecular formula is C11H18N2. The molecule has 1 rings (SSSR count). The molecule has 0 saturated heterocycles. The van der Waals surface area contributed by atoms with Crippen LogP contribution in [0.2, 0.25) is 0 Å². The zero-order chi connectivity index (χ0) is 9.68. The van der Waals surface area contributed by atoms with Crippen LogP contribution >= 0.6 is 0 Å². The van der Waals surface area contributed by atoms with Crippen LogP contribution < -0.4 is 11.5 Å². The van der Waals surface area contributed by atoms with E-state index in [1.165, 1.54) is 11.1 Å². The molecule has 0 spiro atoms. The Morgan fingerprint density at radius 1 is 1.23 bits per heavy atom. The molecule has 2 heteroatoms. The van der Waals surface area contributed by atoms with Gasteiger partial charge in [0.05, 0.1) is 0 Å². The molecule has 0 saturated carbocycles. The number of rotatable bonds is 4. The van der Waals surface area contributed by atoms with Crippen molar-refractivity contribution >= 4 is 0 Å². The molecule has 1 aromatic rings. The Balaban J connectivity index is 2.55. The first-order valence-electron chi connectivity index (χ1n) is 4.76. The van der Waals surface area contributed by atoms with Gasteiger partial charge in [-0.1, -0.05) is 29.8 Å². The molecule has 0 aliphatic rings. The summed E-state index contributed by atoms with van der Waals surface area (Å²) in [5.41, 5.74) is 13.9. The third-order valence-corrected chi connectivity index (χ3v) is 2.22. The van der Waals surface area contributed by atoms with Crippen LogP contribution in [-0.4, -0.2) is 6.54 Å². The van der Waals surface area contributed by atoms with Gasteiger partial charge in [0, 0.05) is 6.04 Å². The van der Waals surface area contributed by atoms with Crippen molar-refractivity contribution in [2.45, 2.75) is 25.8 Å². The molecular weight excluding hydrogens is 160 g/mol.